The Morgan fingerprint density at radius 1 is 1.13 bits per heavy atom. The summed E-state index contributed by atoms with van der Waals surface area (Å²) < 4.78 is 18.8. The Balaban J connectivity index is 1.38. The summed E-state index contributed by atoms with van der Waals surface area (Å²) in [6.45, 7) is 7.66. The van der Waals surface area contributed by atoms with E-state index in [0.717, 1.165) is 23.4 Å². The van der Waals surface area contributed by atoms with Gasteiger partial charge in [0.2, 0.25) is 0 Å². The van der Waals surface area contributed by atoms with Crippen molar-refractivity contribution in [2.75, 3.05) is 18.5 Å². The molecule has 0 radical (unpaired) electrons. The lowest BCUT2D eigenvalue weighted by Gasteiger charge is -2.63. The van der Waals surface area contributed by atoms with Crippen molar-refractivity contribution in [1.82, 2.24) is 0 Å². The zero-order valence-electron chi connectivity index (χ0n) is 17.8. The van der Waals surface area contributed by atoms with Gasteiger partial charge in [-0.2, -0.15) is 0 Å². The van der Waals surface area contributed by atoms with Crippen LogP contribution in [0.5, 0.6) is 5.75 Å². The van der Waals surface area contributed by atoms with Crippen molar-refractivity contribution < 1.29 is 19.0 Å². The average Bonchev–Trinajstić information content (AvgIpc) is 2.73. The van der Waals surface area contributed by atoms with Gasteiger partial charge < -0.3 is 14.2 Å². The molecule has 0 aromatic heterocycles. The van der Waals surface area contributed by atoms with Crippen LogP contribution in [-0.4, -0.2) is 24.9 Å². The Labute approximate surface area is 177 Å². The first kappa shape index (κ1) is 19.4. The predicted octanol–water partition coefficient (Wildman–Crippen LogP) is 5.44. The highest BCUT2D eigenvalue weighted by Gasteiger charge is 2.64. The first-order chi connectivity index (χ1) is 14.4. The molecular formula is C25H29NO4. The van der Waals surface area contributed by atoms with Gasteiger partial charge >= 0.3 is 6.09 Å². The zero-order chi connectivity index (χ0) is 20.9. The summed E-state index contributed by atoms with van der Waals surface area (Å²) in [4.78, 5) is 12.4. The lowest BCUT2D eigenvalue weighted by Crippen LogP contribution is -2.66. The molecule has 2 aromatic carbocycles. The van der Waals surface area contributed by atoms with Crippen molar-refractivity contribution in [2.45, 2.75) is 38.9 Å². The molecule has 5 rings (SSSR count). The molecule has 1 N–H and O–H groups in total. The molecule has 0 spiro atoms. The number of ether oxygens (including phenoxy) is 3. The summed E-state index contributed by atoms with van der Waals surface area (Å²) in [5.41, 5.74) is 1.37. The Hall–Kier alpha value is -2.53. The maximum Gasteiger partial charge on any atom is 0.411 e. The number of carbonyl (C=O) groups excluding carboxylic acids is 1. The largest absolute Gasteiger partial charge is 0.487 e. The molecule has 2 aliphatic heterocycles. The van der Waals surface area contributed by atoms with Crippen LogP contribution in [0.3, 0.4) is 0 Å². The van der Waals surface area contributed by atoms with E-state index in [9.17, 15) is 4.79 Å². The molecular weight excluding hydrogens is 378 g/mol. The van der Waals surface area contributed by atoms with Crippen molar-refractivity contribution in [3.63, 3.8) is 0 Å². The third-order valence-electron chi connectivity index (χ3n) is 7.76. The number of anilines is 1. The average molecular weight is 408 g/mol. The van der Waals surface area contributed by atoms with Gasteiger partial charge in [-0.15, -0.1) is 0 Å². The lowest BCUT2D eigenvalue weighted by molar-refractivity contribution is -0.259. The summed E-state index contributed by atoms with van der Waals surface area (Å²) in [5.74, 6) is 1.75. The van der Waals surface area contributed by atoms with Crippen LogP contribution < -0.4 is 10.1 Å². The number of hydrogen-bond donors (Lipinski definition) is 1. The summed E-state index contributed by atoms with van der Waals surface area (Å²) in [7, 11) is 0. The fourth-order valence-electron chi connectivity index (χ4n) is 6.13. The summed E-state index contributed by atoms with van der Waals surface area (Å²) in [6.07, 6.45) is 0.518. The Kier molecular flexibility index (Phi) is 4.55. The first-order valence-electron chi connectivity index (χ1n) is 10.8. The minimum atomic E-state index is -0.421. The number of hydrogen-bond acceptors (Lipinski definition) is 4. The van der Waals surface area contributed by atoms with E-state index in [0.29, 0.717) is 25.0 Å². The smallest absolute Gasteiger partial charge is 0.411 e. The first-order valence-corrected chi connectivity index (χ1v) is 10.8. The number of rotatable bonds is 3. The quantitative estimate of drug-likeness (QED) is 0.736. The lowest BCUT2D eigenvalue weighted by atomic mass is 9.50. The summed E-state index contributed by atoms with van der Waals surface area (Å²) in [5, 5.41) is 2.82. The molecule has 5 nitrogen and oxygen atoms in total. The van der Waals surface area contributed by atoms with Crippen LogP contribution in [0.1, 0.15) is 38.9 Å². The molecule has 30 heavy (non-hydrogen) atoms. The summed E-state index contributed by atoms with van der Waals surface area (Å²) in [6, 6.07) is 17.6. The topological polar surface area (TPSA) is 56.8 Å². The summed E-state index contributed by atoms with van der Waals surface area (Å²) >= 11 is 0. The van der Waals surface area contributed by atoms with E-state index in [1.165, 1.54) is 0 Å². The Morgan fingerprint density at radius 3 is 2.67 bits per heavy atom. The van der Waals surface area contributed by atoms with Crippen molar-refractivity contribution in [2.24, 2.45) is 23.2 Å². The maximum absolute atomic E-state index is 12.4. The van der Waals surface area contributed by atoms with Gasteiger partial charge in [0.25, 0.3) is 0 Å². The second-order valence-corrected chi connectivity index (χ2v) is 9.40. The fourth-order valence-corrected chi connectivity index (χ4v) is 6.13. The second kappa shape index (κ2) is 7.02. The highest BCUT2D eigenvalue weighted by atomic mass is 16.6. The van der Waals surface area contributed by atoms with Crippen LogP contribution in [0.15, 0.2) is 54.6 Å². The highest BCUT2D eigenvalue weighted by molar-refractivity contribution is 5.84. The van der Waals surface area contributed by atoms with E-state index in [1.54, 1.807) is 0 Å². The molecule has 3 aliphatic rings. The highest BCUT2D eigenvalue weighted by Crippen LogP contribution is 2.63. The van der Waals surface area contributed by atoms with Crippen molar-refractivity contribution >= 4 is 11.8 Å². The molecule has 1 saturated carbocycles. The van der Waals surface area contributed by atoms with Gasteiger partial charge in [0.05, 0.1) is 12.7 Å². The molecule has 6 atom stereocenters. The van der Waals surface area contributed by atoms with Gasteiger partial charge in [0.15, 0.2) is 0 Å². The van der Waals surface area contributed by atoms with Crippen LogP contribution in [0.25, 0.3) is 0 Å². The number of benzene rings is 2. The van der Waals surface area contributed by atoms with Gasteiger partial charge in [-0.3, -0.25) is 5.32 Å². The molecule has 2 aromatic rings. The van der Waals surface area contributed by atoms with Gasteiger partial charge in [0, 0.05) is 22.6 Å². The maximum atomic E-state index is 12.4. The molecule has 2 heterocycles. The third-order valence-corrected chi connectivity index (χ3v) is 7.76. The number of fused-ring (bicyclic) bond motifs is 3. The SMILES string of the molecule is C[C@@H]1C[C@@]2(C)Oc3ccccc3[C@@H]3OC[C@@]1(COC(=O)Nc1ccccc1)[C@@H](C)[C@H]32. The normalized spacial score (nSPS) is 36.2. The van der Waals surface area contributed by atoms with Crippen molar-refractivity contribution in [1.29, 1.82) is 0 Å². The number of amides is 1. The monoisotopic (exact) mass is 407 g/mol. The van der Waals surface area contributed by atoms with E-state index in [-0.39, 0.29) is 23.0 Å². The van der Waals surface area contributed by atoms with Crippen LogP contribution in [0.4, 0.5) is 10.5 Å². The number of carbonyl (C=O) groups is 1. The van der Waals surface area contributed by atoms with Crippen molar-refractivity contribution in [3.05, 3.63) is 60.2 Å². The third kappa shape index (κ3) is 2.90. The second-order valence-electron chi connectivity index (χ2n) is 9.40. The zero-order valence-corrected chi connectivity index (χ0v) is 17.8. The fraction of sp³-hybridized carbons (Fsp3) is 0.480. The molecule has 0 unspecified atom stereocenters. The van der Waals surface area contributed by atoms with E-state index >= 15 is 0 Å². The van der Waals surface area contributed by atoms with Crippen LogP contribution in [-0.2, 0) is 9.47 Å². The molecule has 2 bridgehead atoms. The van der Waals surface area contributed by atoms with Crippen LogP contribution in [0.2, 0.25) is 0 Å². The van der Waals surface area contributed by atoms with E-state index in [2.05, 4.69) is 32.2 Å². The molecule has 1 aliphatic carbocycles. The minimum Gasteiger partial charge on any atom is -0.487 e. The number of nitrogens with one attached hydrogen (secondary N) is 1. The molecule has 1 amide bonds. The molecule has 1 saturated heterocycles. The standard InChI is InChI=1S/C25H29NO4/c1-16-13-24(3)21-17(2)25(16,15-29-23(27)26-18-9-5-4-6-10-18)14-28-22(21)19-11-7-8-12-20(19)30-24/h4-12,16-17,21-22H,13-15H2,1-3H3,(H,26,27)/t16-,17+,21-,22+,24-,25+/m1/s1. The van der Waals surface area contributed by atoms with E-state index in [1.807, 2.05) is 48.5 Å². The van der Waals surface area contributed by atoms with Crippen molar-refractivity contribution in [3.8, 4) is 5.75 Å². The van der Waals surface area contributed by atoms with Gasteiger partial charge in [-0.1, -0.05) is 50.2 Å². The van der Waals surface area contributed by atoms with Gasteiger partial charge in [0.1, 0.15) is 18.0 Å². The molecule has 158 valence electrons. The molecule has 2 fully saturated rings. The van der Waals surface area contributed by atoms with Crippen LogP contribution >= 0.6 is 0 Å². The van der Waals surface area contributed by atoms with E-state index in [4.69, 9.17) is 14.2 Å². The Morgan fingerprint density at radius 2 is 1.87 bits per heavy atom. The Bertz CT molecular complexity index is 947. The number of para-hydroxylation sites is 2. The molecule has 5 heteroatoms. The van der Waals surface area contributed by atoms with Gasteiger partial charge in [-0.25, -0.2) is 4.79 Å². The van der Waals surface area contributed by atoms with Gasteiger partial charge in [-0.05, 0) is 43.4 Å². The minimum absolute atomic E-state index is 0.0220. The van der Waals surface area contributed by atoms with E-state index < -0.39 is 6.09 Å². The predicted molar refractivity (Wildman–Crippen MR) is 114 cm³/mol. The van der Waals surface area contributed by atoms with Crippen LogP contribution in [0, 0.1) is 23.2 Å².